The van der Waals surface area contributed by atoms with E-state index in [4.69, 9.17) is 0 Å². The van der Waals surface area contributed by atoms with Crippen LogP contribution in [0.4, 0.5) is 5.69 Å². The zero-order valence-electron chi connectivity index (χ0n) is 13.2. The number of piperazine rings is 1. The maximum absolute atomic E-state index is 3.50. The van der Waals surface area contributed by atoms with E-state index in [1.165, 1.54) is 38.4 Å². The van der Waals surface area contributed by atoms with Gasteiger partial charge in [0.2, 0.25) is 0 Å². The highest BCUT2D eigenvalue weighted by Gasteiger charge is 2.15. The van der Waals surface area contributed by atoms with Crippen LogP contribution in [0.5, 0.6) is 0 Å². The van der Waals surface area contributed by atoms with Gasteiger partial charge in [-0.05, 0) is 32.3 Å². The van der Waals surface area contributed by atoms with Gasteiger partial charge >= 0.3 is 0 Å². The second-order valence-electron chi connectivity index (χ2n) is 5.92. The molecule has 1 aliphatic rings. The summed E-state index contributed by atoms with van der Waals surface area (Å²) in [4.78, 5) is 7.38. The van der Waals surface area contributed by atoms with Crippen molar-refractivity contribution >= 4 is 21.6 Å². The second kappa shape index (κ2) is 8.73. The molecular weight excluding hydrogens is 328 g/mol. The van der Waals surface area contributed by atoms with Gasteiger partial charge in [-0.25, -0.2) is 0 Å². The third kappa shape index (κ3) is 6.34. The van der Waals surface area contributed by atoms with Gasteiger partial charge in [-0.1, -0.05) is 22.0 Å². The molecule has 1 aromatic rings. The fraction of sp³-hybridized carbons (Fsp3) is 0.625. The quantitative estimate of drug-likeness (QED) is 0.808. The predicted molar refractivity (Wildman–Crippen MR) is 94.1 cm³/mol. The third-order valence-electron chi connectivity index (χ3n) is 3.91. The zero-order chi connectivity index (χ0) is 15.1. The van der Waals surface area contributed by atoms with E-state index in [0.717, 1.165) is 24.1 Å². The van der Waals surface area contributed by atoms with Gasteiger partial charge in [0.05, 0.1) is 0 Å². The molecular formula is C16H27BrN4. The molecule has 1 heterocycles. The molecule has 1 aliphatic heterocycles. The fourth-order valence-corrected chi connectivity index (χ4v) is 2.93. The minimum absolute atomic E-state index is 1.01. The van der Waals surface area contributed by atoms with Crippen molar-refractivity contribution in [1.29, 1.82) is 0 Å². The molecule has 1 N–H and O–H groups in total. The Morgan fingerprint density at radius 3 is 2.38 bits per heavy atom. The molecule has 0 bridgehead atoms. The summed E-state index contributed by atoms with van der Waals surface area (Å²) in [5.74, 6) is 0. The molecule has 0 amide bonds. The summed E-state index contributed by atoms with van der Waals surface area (Å²) in [6, 6.07) is 8.36. The first kappa shape index (κ1) is 16.7. The maximum Gasteiger partial charge on any atom is 0.0351 e. The lowest BCUT2D eigenvalue weighted by molar-refractivity contribution is 0.128. The first-order chi connectivity index (χ1) is 10.1. The molecule has 1 fully saturated rings. The van der Waals surface area contributed by atoms with Crippen LogP contribution in [0.15, 0.2) is 28.7 Å². The Hall–Kier alpha value is -0.620. The van der Waals surface area contributed by atoms with Gasteiger partial charge in [-0.3, -0.25) is 9.80 Å². The molecule has 2 rings (SSSR count). The topological polar surface area (TPSA) is 21.8 Å². The summed E-state index contributed by atoms with van der Waals surface area (Å²) < 4.78 is 1.13. The number of halogens is 1. The van der Waals surface area contributed by atoms with E-state index in [9.17, 15) is 0 Å². The standard InChI is InChI=1S/C16H27BrN4/c1-19(2)8-9-21-12-10-20(11-13-21)7-6-18-16-5-3-4-15(17)14-16/h3-5,14,18H,6-13H2,1-2H3. The van der Waals surface area contributed by atoms with Crippen molar-refractivity contribution in [1.82, 2.24) is 14.7 Å². The number of nitrogens with zero attached hydrogens (tertiary/aromatic N) is 3. The van der Waals surface area contributed by atoms with Crippen molar-refractivity contribution < 1.29 is 0 Å². The Labute approximate surface area is 137 Å². The Kier molecular flexibility index (Phi) is 6.96. The van der Waals surface area contributed by atoms with Crippen LogP contribution in [0, 0.1) is 0 Å². The minimum Gasteiger partial charge on any atom is -0.384 e. The van der Waals surface area contributed by atoms with Crippen LogP contribution in [-0.2, 0) is 0 Å². The molecule has 4 nitrogen and oxygen atoms in total. The van der Waals surface area contributed by atoms with Crippen LogP contribution < -0.4 is 5.32 Å². The number of hydrogen-bond donors (Lipinski definition) is 1. The Balaban J connectivity index is 1.60. The highest BCUT2D eigenvalue weighted by molar-refractivity contribution is 9.10. The largest absolute Gasteiger partial charge is 0.384 e. The average molecular weight is 355 g/mol. The average Bonchev–Trinajstić information content (AvgIpc) is 2.46. The first-order valence-electron chi connectivity index (χ1n) is 7.72. The molecule has 0 atom stereocenters. The van der Waals surface area contributed by atoms with Crippen LogP contribution >= 0.6 is 15.9 Å². The van der Waals surface area contributed by atoms with Gasteiger partial charge in [0.25, 0.3) is 0 Å². The van der Waals surface area contributed by atoms with Gasteiger partial charge < -0.3 is 10.2 Å². The SMILES string of the molecule is CN(C)CCN1CCN(CCNc2cccc(Br)c2)CC1. The number of likely N-dealkylation sites (N-methyl/N-ethyl adjacent to an activating group) is 1. The van der Waals surface area contributed by atoms with Gasteiger partial charge in [0, 0.05) is 62.5 Å². The van der Waals surface area contributed by atoms with Crippen LogP contribution in [0.2, 0.25) is 0 Å². The lowest BCUT2D eigenvalue weighted by Crippen LogP contribution is -2.48. The number of rotatable bonds is 7. The molecule has 21 heavy (non-hydrogen) atoms. The Morgan fingerprint density at radius 2 is 1.76 bits per heavy atom. The second-order valence-corrected chi connectivity index (χ2v) is 6.84. The smallest absolute Gasteiger partial charge is 0.0351 e. The highest BCUT2D eigenvalue weighted by Crippen LogP contribution is 2.15. The van der Waals surface area contributed by atoms with Crippen molar-refractivity contribution in [3.63, 3.8) is 0 Å². The molecule has 0 saturated carbocycles. The van der Waals surface area contributed by atoms with Crippen molar-refractivity contribution in [2.75, 3.05) is 71.8 Å². The van der Waals surface area contributed by atoms with Gasteiger partial charge in [0.1, 0.15) is 0 Å². The molecule has 0 spiro atoms. The van der Waals surface area contributed by atoms with E-state index in [1.807, 2.05) is 0 Å². The molecule has 0 radical (unpaired) electrons. The van der Waals surface area contributed by atoms with Crippen LogP contribution in [0.3, 0.4) is 0 Å². The van der Waals surface area contributed by atoms with E-state index < -0.39 is 0 Å². The van der Waals surface area contributed by atoms with E-state index in [2.05, 4.69) is 74.3 Å². The summed E-state index contributed by atoms with van der Waals surface area (Å²) in [5, 5.41) is 3.49. The molecule has 5 heteroatoms. The summed E-state index contributed by atoms with van der Waals surface area (Å²) in [6.07, 6.45) is 0. The first-order valence-corrected chi connectivity index (χ1v) is 8.51. The van der Waals surface area contributed by atoms with Crippen LogP contribution in [0.1, 0.15) is 0 Å². The van der Waals surface area contributed by atoms with E-state index in [0.29, 0.717) is 0 Å². The van der Waals surface area contributed by atoms with Crippen LogP contribution in [0.25, 0.3) is 0 Å². The van der Waals surface area contributed by atoms with Gasteiger partial charge in [-0.15, -0.1) is 0 Å². The lowest BCUT2D eigenvalue weighted by atomic mass is 10.3. The van der Waals surface area contributed by atoms with Gasteiger partial charge in [-0.2, -0.15) is 0 Å². The lowest BCUT2D eigenvalue weighted by Gasteiger charge is -2.35. The minimum atomic E-state index is 1.01. The fourth-order valence-electron chi connectivity index (χ4n) is 2.53. The molecule has 0 unspecified atom stereocenters. The predicted octanol–water partition coefficient (Wildman–Crippen LogP) is 2.04. The number of benzene rings is 1. The van der Waals surface area contributed by atoms with Crippen molar-refractivity contribution in [3.05, 3.63) is 28.7 Å². The molecule has 1 aromatic carbocycles. The van der Waals surface area contributed by atoms with E-state index in [1.54, 1.807) is 0 Å². The monoisotopic (exact) mass is 354 g/mol. The van der Waals surface area contributed by atoms with Crippen molar-refractivity contribution in [2.24, 2.45) is 0 Å². The maximum atomic E-state index is 3.50. The van der Waals surface area contributed by atoms with Crippen molar-refractivity contribution in [3.8, 4) is 0 Å². The van der Waals surface area contributed by atoms with Crippen molar-refractivity contribution in [2.45, 2.75) is 0 Å². The van der Waals surface area contributed by atoms with Gasteiger partial charge in [0.15, 0.2) is 0 Å². The number of hydrogen-bond acceptors (Lipinski definition) is 4. The number of nitrogens with one attached hydrogen (secondary N) is 1. The third-order valence-corrected chi connectivity index (χ3v) is 4.40. The zero-order valence-corrected chi connectivity index (χ0v) is 14.8. The Bertz CT molecular complexity index is 416. The summed E-state index contributed by atoms with van der Waals surface area (Å²) in [6.45, 7) is 9.25. The molecule has 118 valence electrons. The van der Waals surface area contributed by atoms with E-state index >= 15 is 0 Å². The van der Waals surface area contributed by atoms with Crippen LogP contribution in [-0.4, -0.2) is 81.2 Å². The summed E-state index contributed by atoms with van der Waals surface area (Å²) >= 11 is 3.50. The Morgan fingerprint density at radius 1 is 1.10 bits per heavy atom. The molecule has 0 aromatic heterocycles. The number of anilines is 1. The molecule has 1 saturated heterocycles. The van der Waals surface area contributed by atoms with E-state index in [-0.39, 0.29) is 0 Å². The highest BCUT2D eigenvalue weighted by atomic mass is 79.9. The normalized spacial score (nSPS) is 17.3. The summed E-state index contributed by atoms with van der Waals surface area (Å²) in [7, 11) is 4.29. The molecule has 0 aliphatic carbocycles. The summed E-state index contributed by atoms with van der Waals surface area (Å²) in [5.41, 5.74) is 1.19.